The standard InChI is InChI=1S/C13H13ClF3N3/c1-3-20-7-8(2)18-12(20)19-11-5-4-9(6-10(11)14)13(15,16)17/h4-7H,3H2,1-2H3,(H,18,19). The highest BCUT2D eigenvalue weighted by atomic mass is 35.5. The zero-order chi connectivity index (χ0) is 14.9. The summed E-state index contributed by atoms with van der Waals surface area (Å²) in [4.78, 5) is 4.26. The van der Waals surface area contributed by atoms with Gasteiger partial charge in [-0.25, -0.2) is 4.98 Å². The summed E-state index contributed by atoms with van der Waals surface area (Å²) in [5.41, 5.74) is 0.431. The van der Waals surface area contributed by atoms with Gasteiger partial charge in [0.1, 0.15) is 0 Å². The molecule has 0 saturated carbocycles. The Bertz CT molecular complexity index is 620. The molecule has 1 heterocycles. The zero-order valence-corrected chi connectivity index (χ0v) is 11.7. The molecule has 0 atom stereocenters. The number of nitrogens with zero attached hydrogens (tertiary/aromatic N) is 2. The van der Waals surface area contributed by atoms with Gasteiger partial charge in [-0.05, 0) is 32.0 Å². The molecule has 3 nitrogen and oxygen atoms in total. The number of benzene rings is 1. The Morgan fingerprint density at radius 2 is 2.05 bits per heavy atom. The second-order valence-electron chi connectivity index (χ2n) is 4.31. The van der Waals surface area contributed by atoms with E-state index in [9.17, 15) is 13.2 Å². The number of alkyl halides is 3. The van der Waals surface area contributed by atoms with Gasteiger partial charge in [0.15, 0.2) is 0 Å². The molecule has 0 saturated heterocycles. The first-order valence-electron chi connectivity index (χ1n) is 5.98. The molecular weight excluding hydrogens is 291 g/mol. The van der Waals surface area contributed by atoms with Gasteiger partial charge >= 0.3 is 6.18 Å². The molecule has 0 amide bonds. The Morgan fingerprint density at radius 3 is 2.60 bits per heavy atom. The van der Waals surface area contributed by atoms with Crippen LogP contribution in [0.15, 0.2) is 24.4 Å². The number of imidazole rings is 1. The van der Waals surface area contributed by atoms with Crippen molar-refractivity contribution in [3.63, 3.8) is 0 Å². The Kier molecular flexibility index (Phi) is 3.94. The molecule has 1 N–H and O–H groups in total. The third-order valence-corrected chi connectivity index (χ3v) is 3.09. The van der Waals surface area contributed by atoms with E-state index in [1.807, 2.05) is 24.6 Å². The van der Waals surface area contributed by atoms with Crippen LogP contribution in [0.2, 0.25) is 5.02 Å². The van der Waals surface area contributed by atoms with Crippen molar-refractivity contribution in [3.8, 4) is 0 Å². The number of rotatable bonds is 3. The predicted octanol–water partition coefficient (Wildman–Crippen LogP) is 4.63. The fraction of sp³-hybridized carbons (Fsp3) is 0.308. The van der Waals surface area contributed by atoms with Crippen molar-refractivity contribution in [1.82, 2.24) is 9.55 Å². The van der Waals surface area contributed by atoms with E-state index >= 15 is 0 Å². The van der Waals surface area contributed by atoms with Crippen molar-refractivity contribution in [2.24, 2.45) is 0 Å². The van der Waals surface area contributed by atoms with Gasteiger partial charge in [0.05, 0.1) is 22.0 Å². The SMILES string of the molecule is CCn1cc(C)nc1Nc1ccc(C(F)(F)F)cc1Cl. The summed E-state index contributed by atoms with van der Waals surface area (Å²) < 4.78 is 39.5. The maximum absolute atomic E-state index is 12.6. The Labute approximate surface area is 119 Å². The molecule has 0 aliphatic rings. The van der Waals surface area contributed by atoms with Gasteiger partial charge in [-0.15, -0.1) is 0 Å². The molecule has 7 heteroatoms. The fourth-order valence-corrected chi connectivity index (χ4v) is 2.03. The molecule has 0 bridgehead atoms. The summed E-state index contributed by atoms with van der Waals surface area (Å²) in [5.74, 6) is 0.548. The first kappa shape index (κ1) is 14.7. The molecular formula is C13H13ClF3N3. The normalized spacial score (nSPS) is 11.7. The van der Waals surface area contributed by atoms with Crippen LogP contribution in [0.3, 0.4) is 0 Å². The molecule has 1 aromatic heterocycles. The van der Waals surface area contributed by atoms with E-state index in [4.69, 9.17) is 11.6 Å². The number of nitrogens with one attached hydrogen (secondary N) is 1. The molecule has 20 heavy (non-hydrogen) atoms. The molecule has 0 aliphatic carbocycles. The minimum absolute atomic E-state index is 0.00290. The number of hydrogen-bond acceptors (Lipinski definition) is 2. The lowest BCUT2D eigenvalue weighted by molar-refractivity contribution is -0.137. The van der Waals surface area contributed by atoms with Crippen LogP contribution in [-0.2, 0) is 12.7 Å². The molecule has 0 unspecified atom stereocenters. The first-order chi connectivity index (χ1) is 9.31. The van der Waals surface area contributed by atoms with E-state index < -0.39 is 11.7 Å². The van der Waals surface area contributed by atoms with Gasteiger partial charge in [-0.2, -0.15) is 13.2 Å². The van der Waals surface area contributed by atoms with Gasteiger partial charge in [0.25, 0.3) is 0 Å². The van der Waals surface area contributed by atoms with Crippen LogP contribution in [0.5, 0.6) is 0 Å². The average molecular weight is 304 g/mol. The van der Waals surface area contributed by atoms with Gasteiger partial charge < -0.3 is 9.88 Å². The maximum atomic E-state index is 12.6. The summed E-state index contributed by atoms with van der Waals surface area (Å²) in [5, 5.41) is 2.95. The van der Waals surface area contributed by atoms with E-state index in [2.05, 4.69) is 10.3 Å². The van der Waals surface area contributed by atoms with Gasteiger partial charge in [0.2, 0.25) is 5.95 Å². The van der Waals surface area contributed by atoms with E-state index in [-0.39, 0.29) is 5.02 Å². The van der Waals surface area contributed by atoms with Crippen LogP contribution >= 0.6 is 11.6 Å². The molecule has 0 fully saturated rings. The largest absolute Gasteiger partial charge is 0.416 e. The van der Waals surface area contributed by atoms with Crippen LogP contribution in [0.1, 0.15) is 18.2 Å². The van der Waals surface area contributed by atoms with E-state index in [0.29, 0.717) is 18.2 Å². The van der Waals surface area contributed by atoms with Crippen molar-refractivity contribution in [3.05, 3.63) is 40.7 Å². The lowest BCUT2D eigenvalue weighted by atomic mass is 10.2. The molecule has 108 valence electrons. The average Bonchev–Trinajstić information content (AvgIpc) is 2.70. The molecule has 1 aromatic carbocycles. The quantitative estimate of drug-likeness (QED) is 0.896. The number of hydrogen-bond donors (Lipinski definition) is 1. The molecule has 2 rings (SSSR count). The smallest absolute Gasteiger partial charge is 0.324 e. The summed E-state index contributed by atoms with van der Waals surface area (Å²) in [6, 6.07) is 3.19. The number of aromatic nitrogens is 2. The highest BCUT2D eigenvalue weighted by molar-refractivity contribution is 6.33. The van der Waals surface area contributed by atoms with E-state index in [1.165, 1.54) is 6.07 Å². The van der Waals surface area contributed by atoms with Crippen molar-refractivity contribution in [2.45, 2.75) is 26.6 Å². The highest BCUT2D eigenvalue weighted by Crippen LogP contribution is 2.34. The van der Waals surface area contributed by atoms with E-state index in [0.717, 1.165) is 17.8 Å². The molecule has 0 aliphatic heterocycles. The minimum atomic E-state index is -4.40. The van der Waals surface area contributed by atoms with E-state index in [1.54, 1.807) is 0 Å². The third kappa shape index (κ3) is 3.07. The Morgan fingerprint density at radius 1 is 1.35 bits per heavy atom. The second-order valence-corrected chi connectivity index (χ2v) is 4.72. The lowest BCUT2D eigenvalue weighted by Gasteiger charge is -2.12. The van der Waals surface area contributed by atoms with Crippen molar-refractivity contribution in [2.75, 3.05) is 5.32 Å². The minimum Gasteiger partial charge on any atom is -0.324 e. The third-order valence-electron chi connectivity index (χ3n) is 2.78. The van der Waals surface area contributed by atoms with Crippen LogP contribution in [-0.4, -0.2) is 9.55 Å². The number of anilines is 2. The highest BCUT2D eigenvalue weighted by Gasteiger charge is 2.30. The summed E-state index contributed by atoms with van der Waals surface area (Å²) in [7, 11) is 0. The summed E-state index contributed by atoms with van der Waals surface area (Å²) in [6.07, 6.45) is -2.55. The van der Waals surface area contributed by atoms with Crippen LogP contribution in [0.25, 0.3) is 0 Å². The topological polar surface area (TPSA) is 29.9 Å². The number of halogens is 4. The predicted molar refractivity (Wildman–Crippen MR) is 72.4 cm³/mol. The first-order valence-corrected chi connectivity index (χ1v) is 6.36. The molecule has 0 radical (unpaired) electrons. The molecule has 0 spiro atoms. The van der Waals surface area contributed by atoms with Gasteiger partial charge in [0, 0.05) is 12.7 Å². The van der Waals surface area contributed by atoms with Crippen LogP contribution < -0.4 is 5.32 Å². The number of aryl methyl sites for hydroxylation is 2. The fourth-order valence-electron chi connectivity index (χ4n) is 1.80. The summed E-state index contributed by atoms with van der Waals surface area (Å²) >= 11 is 5.89. The van der Waals surface area contributed by atoms with Crippen LogP contribution in [0.4, 0.5) is 24.8 Å². The van der Waals surface area contributed by atoms with Crippen molar-refractivity contribution < 1.29 is 13.2 Å². The summed E-state index contributed by atoms with van der Waals surface area (Å²) in [6.45, 7) is 4.48. The second kappa shape index (κ2) is 5.36. The Balaban J connectivity index is 2.30. The molecule has 2 aromatic rings. The zero-order valence-electron chi connectivity index (χ0n) is 10.9. The lowest BCUT2D eigenvalue weighted by Crippen LogP contribution is -2.06. The van der Waals surface area contributed by atoms with Gasteiger partial charge in [-0.1, -0.05) is 11.6 Å². The van der Waals surface area contributed by atoms with Crippen LogP contribution in [0, 0.1) is 6.92 Å². The Hall–Kier alpha value is -1.69. The maximum Gasteiger partial charge on any atom is 0.416 e. The van der Waals surface area contributed by atoms with Crippen molar-refractivity contribution in [1.29, 1.82) is 0 Å². The van der Waals surface area contributed by atoms with Gasteiger partial charge in [-0.3, -0.25) is 0 Å². The monoisotopic (exact) mass is 303 g/mol. The van der Waals surface area contributed by atoms with Crippen molar-refractivity contribution >= 4 is 23.2 Å².